The summed E-state index contributed by atoms with van der Waals surface area (Å²) in [5, 5.41) is 3.14. The number of benzene rings is 1. The van der Waals surface area contributed by atoms with Gasteiger partial charge in [0.25, 0.3) is 5.91 Å². The van der Waals surface area contributed by atoms with Crippen LogP contribution in [0.1, 0.15) is 36.0 Å². The first-order valence-corrected chi connectivity index (χ1v) is 6.86. The molecule has 112 valence electrons. The van der Waals surface area contributed by atoms with Gasteiger partial charge in [0.2, 0.25) is 0 Å². The molecule has 0 atom stereocenters. The number of nitrogens with zero attached hydrogens (tertiary/aromatic N) is 1. The zero-order valence-corrected chi connectivity index (χ0v) is 13.0. The van der Waals surface area contributed by atoms with E-state index in [0.717, 1.165) is 31.4 Å². The third kappa shape index (κ3) is 3.64. The quantitative estimate of drug-likeness (QED) is 0.895. The first kappa shape index (κ1) is 16.8. The molecule has 0 radical (unpaired) electrons. The lowest BCUT2D eigenvalue weighted by molar-refractivity contribution is 0.0903. The molecule has 5 heteroatoms. The molecule has 1 saturated carbocycles. The van der Waals surface area contributed by atoms with Crippen molar-refractivity contribution in [1.82, 2.24) is 5.32 Å². The van der Waals surface area contributed by atoms with Crippen LogP contribution >= 0.6 is 12.4 Å². The van der Waals surface area contributed by atoms with Crippen LogP contribution in [-0.4, -0.2) is 32.1 Å². The lowest BCUT2D eigenvalue weighted by Crippen LogP contribution is -2.51. The van der Waals surface area contributed by atoms with E-state index in [0.29, 0.717) is 12.1 Å². The van der Waals surface area contributed by atoms with E-state index in [4.69, 9.17) is 5.73 Å². The van der Waals surface area contributed by atoms with Crippen LogP contribution in [0, 0.1) is 0 Å². The van der Waals surface area contributed by atoms with Crippen molar-refractivity contribution in [1.29, 1.82) is 0 Å². The van der Waals surface area contributed by atoms with Crippen molar-refractivity contribution in [3.63, 3.8) is 0 Å². The SMILES string of the molecule is CN(C)c1cccc(C(=O)NC2(CN)CCCC2)c1.Cl. The van der Waals surface area contributed by atoms with Crippen molar-refractivity contribution in [2.24, 2.45) is 5.73 Å². The van der Waals surface area contributed by atoms with Crippen LogP contribution < -0.4 is 16.0 Å². The van der Waals surface area contributed by atoms with Gasteiger partial charge in [-0.05, 0) is 31.0 Å². The van der Waals surface area contributed by atoms with Crippen LogP contribution in [0.15, 0.2) is 24.3 Å². The number of anilines is 1. The molecule has 0 unspecified atom stereocenters. The van der Waals surface area contributed by atoms with Crippen LogP contribution in [0.25, 0.3) is 0 Å². The first-order chi connectivity index (χ1) is 9.06. The van der Waals surface area contributed by atoms with E-state index < -0.39 is 0 Å². The van der Waals surface area contributed by atoms with E-state index in [-0.39, 0.29) is 23.9 Å². The Morgan fingerprint density at radius 1 is 1.35 bits per heavy atom. The Kier molecular flexibility index (Phi) is 5.84. The van der Waals surface area contributed by atoms with Crippen molar-refractivity contribution in [3.8, 4) is 0 Å². The van der Waals surface area contributed by atoms with Gasteiger partial charge >= 0.3 is 0 Å². The van der Waals surface area contributed by atoms with E-state index in [1.54, 1.807) is 0 Å². The van der Waals surface area contributed by atoms with E-state index in [9.17, 15) is 4.79 Å². The highest BCUT2D eigenvalue weighted by Crippen LogP contribution is 2.29. The van der Waals surface area contributed by atoms with Crippen molar-refractivity contribution < 1.29 is 4.79 Å². The highest BCUT2D eigenvalue weighted by molar-refractivity contribution is 5.95. The van der Waals surface area contributed by atoms with Gasteiger partial charge in [-0.15, -0.1) is 12.4 Å². The Morgan fingerprint density at radius 3 is 2.55 bits per heavy atom. The maximum atomic E-state index is 12.4. The van der Waals surface area contributed by atoms with E-state index in [1.807, 2.05) is 43.3 Å². The average molecular weight is 298 g/mol. The van der Waals surface area contributed by atoms with Crippen LogP contribution in [0.5, 0.6) is 0 Å². The minimum absolute atomic E-state index is 0. The molecule has 0 spiro atoms. The molecule has 1 fully saturated rings. The molecular formula is C15H24ClN3O. The number of hydrogen-bond acceptors (Lipinski definition) is 3. The van der Waals surface area contributed by atoms with Crippen molar-refractivity contribution in [2.45, 2.75) is 31.2 Å². The molecule has 20 heavy (non-hydrogen) atoms. The fourth-order valence-corrected chi connectivity index (χ4v) is 2.67. The number of rotatable bonds is 4. The number of amides is 1. The maximum Gasteiger partial charge on any atom is 0.251 e. The van der Waals surface area contributed by atoms with Gasteiger partial charge in [0.15, 0.2) is 0 Å². The van der Waals surface area contributed by atoms with Crippen molar-refractivity contribution >= 4 is 24.0 Å². The summed E-state index contributed by atoms with van der Waals surface area (Å²) < 4.78 is 0. The first-order valence-electron chi connectivity index (χ1n) is 6.86. The molecule has 0 bridgehead atoms. The van der Waals surface area contributed by atoms with Gasteiger partial charge in [0.1, 0.15) is 0 Å². The Hall–Kier alpha value is -1.26. The van der Waals surface area contributed by atoms with Crippen LogP contribution in [0.4, 0.5) is 5.69 Å². The smallest absolute Gasteiger partial charge is 0.251 e. The lowest BCUT2D eigenvalue weighted by Gasteiger charge is -2.28. The number of carbonyl (C=O) groups excluding carboxylic acids is 1. The zero-order valence-electron chi connectivity index (χ0n) is 12.2. The summed E-state index contributed by atoms with van der Waals surface area (Å²) in [6.45, 7) is 0.520. The summed E-state index contributed by atoms with van der Waals surface area (Å²) in [7, 11) is 3.94. The fourth-order valence-electron chi connectivity index (χ4n) is 2.67. The minimum atomic E-state index is -0.189. The predicted octanol–water partition coefficient (Wildman–Crippen LogP) is 2.18. The van der Waals surface area contributed by atoms with Gasteiger partial charge in [-0.3, -0.25) is 4.79 Å². The molecule has 1 aliphatic carbocycles. The molecule has 1 aliphatic rings. The molecule has 3 N–H and O–H groups in total. The second kappa shape index (κ2) is 6.95. The number of carbonyl (C=O) groups is 1. The fraction of sp³-hybridized carbons (Fsp3) is 0.533. The predicted molar refractivity (Wildman–Crippen MR) is 85.7 cm³/mol. The highest BCUT2D eigenvalue weighted by atomic mass is 35.5. The van der Waals surface area contributed by atoms with Gasteiger partial charge < -0.3 is 16.0 Å². The monoisotopic (exact) mass is 297 g/mol. The second-order valence-corrected chi connectivity index (χ2v) is 5.59. The third-order valence-corrected chi connectivity index (χ3v) is 3.95. The highest BCUT2D eigenvalue weighted by Gasteiger charge is 2.34. The maximum absolute atomic E-state index is 12.4. The van der Waals surface area contributed by atoms with Gasteiger partial charge in [-0.1, -0.05) is 18.9 Å². The van der Waals surface area contributed by atoms with Crippen LogP contribution in [0.3, 0.4) is 0 Å². The molecular weight excluding hydrogens is 274 g/mol. The van der Waals surface area contributed by atoms with Crippen LogP contribution in [0.2, 0.25) is 0 Å². The normalized spacial score (nSPS) is 16.4. The summed E-state index contributed by atoms with van der Waals surface area (Å²) in [5.74, 6) is -0.0175. The number of hydrogen-bond donors (Lipinski definition) is 2. The standard InChI is InChI=1S/C15H23N3O.ClH/c1-18(2)13-7-5-6-12(10-13)14(19)17-15(11-16)8-3-4-9-15;/h5-7,10H,3-4,8-9,11,16H2,1-2H3,(H,17,19);1H. The Bertz CT molecular complexity index is 456. The molecule has 1 aromatic carbocycles. The molecule has 2 rings (SSSR count). The summed E-state index contributed by atoms with van der Waals surface area (Å²) in [6.07, 6.45) is 4.27. The third-order valence-electron chi connectivity index (χ3n) is 3.95. The summed E-state index contributed by atoms with van der Waals surface area (Å²) in [6, 6.07) is 7.66. The van der Waals surface area contributed by atoms with Gasteiger partial charge in [-0.2, -0.15) is 0 Å². The average Bonchev–Trinajstić information content (AvgIpc) is 2.88. The topological polar surface area (TPSA) is 58.4 Å². The molecule has 4 nitrogen and oxygen atoms in total. The largest absolute Gasteiger partial charge is 0.378 e. The lowest BCUT2D eigenvalue weighted by atomic mass is 9.97. The summed E-state index contributed by atoms with van der Waals surface area (Å²) >= 11 is 0. The molecule has 1 amide bonds. The molecule has 0 aliphatic heterocycles. The Balaban J connectivity index is 0.00000200. The number of halogens is 1. The molecule has 0 saturated heterocycles. The van der Waals surface area contributed by atoms with E-state index in [2.05, 4.69) is 5.32 Å². The molecule has 1 aromatic rings. The van der Waals surface area contributed by atoms with Gasteiger partial charge in [0, 0.05) is 31.9 Å². The molecule has 0 aromatic heterocycles. The minimum Gasteiger partial charge on any atom is -0.378 e. The van der Waals surface area contributed by atoms with Gasteiger partial charge in [-0.25, -0.2) is 0 Å². The summed E-state index contributed by atoms with van der Waals surface area (Å²) in [4.78, 5) is 14.3. The van der Waals surface area contributed by atoms with Crippen molar-refractivity contribution in [2.75, 3.05) is 25.5 Å². The Labute approximate surface area is 127 Å². The molecule has 0 heterocycles. The van der Waals surface area contributed by atoms with Gasteiger partial charge in [0.05, 0.1) is 5.54 Å². The number of nitrogens with one attached hydrogen (secondary N) is 1. The Morgan fingerprint density at radius 2 is 2.00 bits per heavy atom. The van der Waals surface area contributed by atoms with E-state index >= 15 is 0 Å². The second-order valence-electron chi connectivity index (χ2n) is 5.59. The number of nitrogens with two attached hydrogens (primary N) is 1. The van der Waals surface area contributed by atoms with Crippen LogP contribution in [-0.2, 0) is 0 Å². The van der Waals surface area contributed by atoms with E-state index in [1.165, 1.54) is 0 Å². The summed E-state index contributed by atoms with van der Waals surface area (Å²) in [5.41, 5.74) is 7.39. The zero-order chi connectivity index (χ0) is 13.9. The van der Waals surface area contributed by atoms with Crippen molar-refractivity contribution in [3.05, 3.63) is 29.8 Å².